The number of amides is 1. The third-order valence-electron chi connectivity index (χ3n) is 6.66. The van der Waals surface area contributed by atoms with Crippen molar-refractivity contribution in [3.63, 3.8) is 0 Å². The Morgan fingerprint density at radius 1 is 1.16 bits per heavy atom. The quantitative estimate of drug-likeness (QED) is 0.250. The molecular formula is C28H20F3N5OS. The molecule has 0 saturated carbocycles. The van der Waals surface area contributed by atoms with E-state index in [1.54, 1.807) is 22.3 Å². The highest BCUT2D eigenvalue weighted by Gasteiger charge is 2.33. The molecule has 190 valence electrons. The molecule has 0 spiro atoms. The summed E-state index contributed by atoms with van der Waals surface area (Å²) in [6.45, 7) is 4.36. The average molecular weight is 532 g/mol. The molecule has 0 unspecified atom stereocenters. The molecule has 3 N–H and O–H groups in total. The van der Waals surface area contributed by atoms with Gasteiger partial charge in [0.2, 0.25) is 0 Å². The standard InChI is InChI=1S/C28H20F3N5OS/c1-15(22-9-5-17(12-33-22)28(29,30)31)13-36-14-20-18(6-7-21(32)25(20)27(36)37)16-4-8-23-19(11-16)26(35-34-23)24-3-2-10-38-24/h2-12H,1,13-14,32H2,(H,34,35). The Labute approximate surface area is 219 Å². The van der Waals surface area contributed by atoms with Crippen molar-refractivity contribution in [2.75, 3.05) is 12.3 Å². The normalized spacial score (nSPS) is 13.3. The van der Waals surface area contributed by atoms with E-state index in [9.17, 15) is 18.0 Å². The average Bonchev–Trinajstić information content (AvgIpc) is 3.63. The molecule has 0 atom stereocenters. The Morgan fingerprint density at radius 2 is 2.00 bits per heavy atom. The smallest absolute Gasteiger partial charge is 0.398 e. The van der Waals surface area contributed by atoms with Gasteiger partial charge in [-0.25, -0.2) is 0 Å². The molecule has 0 bridgehead atoms. The zero-order valence-electron chi connectivity index (χ0n) is 19.8. The summed E-state index contributed by atoms with van der Waals surface area (Å²) >= 11 is 1.61. The lowest BCUT2D eigenvalue weighted by Gasteiger charge is -2.17. The van der Waals surface area contributed by atoms with E-state index in [-0.39, 0.29) is 19.0 Å². The van der Waals surface area contributed by atoms with Gasteiger partial charge < -0.3 is 10.6 Å². The third-order valence-corrected chi connectivity index (χ3v) is 7.53. The van der Waals surface area contributed by atoms with Crippen LogP contribution in [-0.2, 0) is 12.7 Å². The maximum atomic E-state index is 13.4. The molecule has 1 aliphatic rings. The van der Waals surface area contributed by atoms with Crippen LogP contribution in [0.3, 0.4) is 0 Å². The van der Waals surface area contributed by atoms with Gasteiger partial charge in [-0.15, -0.1) is 11.3 Å². The van der Waals surface area contributed by atoms with E-state index >= 15 is 0 Å². The number of fused-ring (bicyclic) bond motifs is 2. The van der Waals surface area contributed by atoms with Crippen LogP contribution in [-0.4, -0.2) is 32.5 Å². The molecule has 6 nitrogen and oxygen atoms in total. The fraction of sp³-hybridized carbons (Fsp3) is 0.107. The van der Waals surface area contributed by atoms with Crippen molar-refractivity contribution < 1.29 is 18.0 Å². The molecule has 1 amide bonds. The Bertz CT molecular complexity index is 1710. The Kier molecular flexibility index (Phi) is 5.57. The monoisotopic (exact) mass is 531 g/mol. The van der Waals surface area contributed by atoms with Gasteiger partial charge in [0.25, 0.3) is 5.91 Å². The molecule has 5 aromatic rings. The lowest BCUT2D eigenvalue weighted by atomic mass is 9.94. The summed E-state index contributed by atoms with van der Waals surface area (Å²) in [6.07, 6.45) is -3.70. The van der Waals surface area contributed by atoms with Crippen molar-refractivity contribution in [2.24, 2.45) is 0 Å². The number of rotatable bonds is 5. The second-order valence-corrected chi connectivity index (χ2v) is 10.0. The summed E-state index contributed by atoms with van der Waals surface area (Å²) in [4.78, 5) is 19.9. The first-order valence-corrected chi connectivity index (χ1v) is 12.5. The van der Waals surface area contributed by atoms with E-state index in [1.165, 1.54) is 6.07 Å². The highest BCUT2D eigenvalue weighted by Crippen LogP contribution is 2.39. The summed E-state index contributed by atoms with van der Waals surface area (Å²) in [5.74, 6) is -0.254. The van der Waals surface area contributed by atoms with Crippen LogP contribution in [0.1, 0.15) is 27.2 Å². The highest BCUT2D eigenvalue weighted by molar-refractivity contribution is 7.13. The first kappa shape index (κ1) is 23.9. The molecule has 3 aromatic heterocycles. The van der Waals surface area contributed by atoms with Gasteiger partial charge in [-0.05, 0) is 64.0 Å². The largest absolute Gasteiger partial charge is 0.417 e. The van der Waals surface area contributed by atoms with Gasteiger partial charge in [0.15, 0.2) is 0 Å². The van der Waals surface area contributed by atoms with Crippen molar-refractivity contribution in [3.8, 4) is 21.7 Å². The van der Waals surface area contributed by atoms with Crippen LogP contribution in [0.15, 0.2) is 72.8 Å². The predicted molar refractivity (Wildman–Crippen MR) is 142 cm³/mol. The SMILES string of the molecule is C=C(CN1Cc2c(-c3ccc4[nH]nc(-c5cccs5)c4c3)ccc(N)c2C1=O)c1ccc(C(F)(F)F)cn1. The number of thiophene rings is 1. The van der Waals surface area contributed by atoms with Gasteiger partial charge in [-0.3, -0.25) is 14.9 Å². The van der Waals surface area contributed by atoms with E-state index < -0.39 is 11.7 Å². The van der Waals surface area contributed by atoms with Gasteiger partial charge >= 0.3 is 6.18 Å². The number of nitrogens with one attached hydrogen (secondary N) is 1. The number of anilines is 1. The number of nitrogen functional groups attached to an aromatic ring is 1. The Balaban J connectivity index is 1.31. The minimum absolute atomic E-state index is 0.105. The van der Waals surface area contributed by atoms with Gasteiger partial charge in [0.1, 0.15) is 5.69 Å². The third kappa shape index (κ3) is 4.03. The zero-order chi connectivity index (χ0) is 26.6. The number of pyridine rings is 1. The summed E-state index contributed by atoms with van der Waals surface area (Å²) in [5.41, 5.74) is 11.3. The van der Waals surface area contributed by atoms with Gasteiger partial charge in [-0.2, -0.15) is 18.3 Å². The fourth-order valence-corrected chi connectivity index (χ4v) is 5.49. The molecule has 4 heterocycles. The lowest BCUT2D eigenvalue weighted by Crippen LogP contribution is -2.26. The van der Waals surface area contributed by atoms with Gasteiger partial charge in [-0.1, -0.05) is 24.8 Å². The van der Waals surface area contributed by atoms with Crippen LogP contribution < -0.4 is 5.73 Å². The second kappa shape index (κ2) is 8.84. The van der Waals surface area contributed by atoms with Crippen LogP contribution in [0.4, 0.5) is 18.9 Å². The van der Waals surface area contributed by atoms with E-state index in [2.05, 4.69) is 27.8 Å². The minimum atomic E-state index is -4.47. The maximum Gasteiger partial charge on any atom is 0.417 e. The van der Waals surface area contributed by atoms with Crippen molar-refractivity contribution in [1.29, 1.82) is 0 Å². The number of aromatic amines is 1. The summed E-state index contributed by atoms with van der Waals surface area (Å²) < 4.78 is 38.7. The van der Waals surface area contributed by atoms with Gasteiger partial charge in [0.05, 0.1) is 27.2 Å². The van der Waals surface area contributed by atoms with Crippen LogP contribution in [0, 0.1) is 0 Å². The van der Waals surface area contributed by atoms with Crippen molar-refractivity contribution in [2.45, 2.75) is 12.7 Å². The van der Waals surface area contributed by atoms with Crippen LogP contribution >= 0.6 is 11.3 Å². The van der Waals surface area contributed by atoms with Crippen LogP contribution in [0.2, 0.25) is 0 Å². The molecule has 1 aliphatic heterocycles. The highest BCUT2D eigenvalue weighted by atomic mass is 32.1. The van der Waals surface area contributed by atoms with Crippen molar-refractivity contribution in [1.82, 2.24) is 20.1 Å². The van der Waals surface area contributed by atoms with Gasteiger partial charge in [0, 0.05) is 30.4 Å². The van der Waals surface area contributed by atoms with Crippen molar-refractivity contribution >= 4 is 39.4 Å². The number of hydrogen-bond acceptors (Lipinski definition) is 5. The number of aromatic nitrogens is 3. The number of carbonyl (C=O) groups excluding carboxylic acids is 1. The number of alkyl halides is 3. The number of nitrogens with zero attached hydrogens (tertiary/aromatic N) is 3. The molecule has 0 fully saturated rings. The second-order valence-electron chi connectivity index (χ2n) is 9.06. The summed E-state index contributed by atoms with van der Waals surface area (Å²) in [7, 11) is 0. The molecule has 0 radical (unpaired) electrons. The molecular weight excluding hydrogens is 511 g/mol. The van der Waals surface area contributed by atoms with E-state index in [1.807, 2.05) is 35.7 Å². The van der Waals surface area contributed by atoms with Crippen LogP contribution in [0.25, 0.3) is 38.2 Å². The minimum Gasteiger partial charge on any atom is -0.398 e. The summed E-state index contributed by atoms with van der Waals surface area (Å²) in [6, 6.07) is 15.8. The number of hydrogen-bond donors (Lipinski definition) is 2. The molecule has 0 aliphatic carbocycles. The number of nitrogens with two attached hydrogens (primary N) is 1. The van der Waals surface area contributed by atoms with Crippen LogP contribution in [0.5, 0.6) is 0 Å². The summed E-state index contributed by atoms with van der Waals surface area (Å²) in [5, 5.41) is 10.5. The Morgan fingerprint density at radius 3 is 2.71 bits per heavy atom. The molecule has 6 rings (SSSR count). The van der Waals surface area contributed by atoms with Crippen molar-refractivity contribution in [3.05, 3.63) is 95.1 Å². The number of halogens is 3. The number of benzene rings is 2. The lowest BCUT2D eigenvalue weighted by molar-refractivity contribution is -0.137. The fourth-order valence-electron chi connectivity index (χ4n) is 4.77. The first-order valence-electron chi connectivity index (χ1n) is 11.6. The van der Waals surface area contributed by atoms with E-state index in [0.717, 1.165) is 50.4 Å². The molecule has 10 heteroatoms. The Hall–Kier alpha value is -4.44. The first-order chi connectivity index (χ1) is 18.2. The topological polar surface area (TPSA) is 87.9 Å². The maximum absolute atomic E-state index is 13.4. The van der Waals surface area contributed by atoms with E-state index in [0.29, 0.717) is 22.5 Å². The molecule has 0 saturated heterocycles. The van der Waals surface area contributed by atoms with E-state index in [4.69, 9.17) is 5.73 Å². The number of carbonyl (C=O) groups is 1. The molecule has 2 aromatic carbocycles. The number of H-pyrrole nitrogens is 1. The zero-order valence-corrected chi connectivity index (χ0v) is 20.7. The predicted octanol–water partition coefficient (Wildman–Crippen LogP) is 6.62. The molecule has 38 heavy (non-hydrogen) atoms.